The molecule has 0 bridgehead atoms. The van der Waals surface area contributed by atoms with Gasteiger partial charge in [-0.2, -0.15) is 0 Å². The van der Waals surface area contributed by atoms with Gasteiger partial charge in [-0.05, 0) is 32.9 Å². The van der Waals surface area contributed by atoms with E-state index >= 15 is 0 Å². The zero-order valence-corrected chi connectivity index (χ0v) is 14.9. The van der Waals surface area contributed by atoms with Crippen LogP contribution in [0.15, 0.2) is 30.3 Å². The summed E-state index contributed by atoms with van der Waals surface area (Å²) in [6.07, 6.45) is 0. The van der Waals surface area contributed by atoms with Crippen LogP contribution in [0.1, 0.15) is 20.8 Å². The standard InChI is InChI=1S/C12H20N.2HI.H3N/c1-4-13(5-2,6-3)12-10-8-7-9-11-12;;;/h7-11H,4-6H2,1-3H3;2*1H;1H3/q+1;;;/p-1. The Balaban J connectivity index is -0.000000563. The lowest BCUT2D eigenvalue weighted by molar-refractivity contribution is -0.00000338. The first-order valence-electron chi connectivity index (χ1n) is 5.20. The third-order valence-electron chi connectivity index (χ3n) is 3.12. The zero-order valence-electron chi connectivity index (χ0n) is 10.4. The minimum atomic E-state index is 0. The van der Waals surface area contributed by atoms with Crippen LogP contribution in [0.2, 0.25) is 0 Å². The second-order valence-corrected chi connectivity index (χ2v) is 3.43. The molecule has 0 radical (unpaired) electrons. The molecule has 0 saturated heterocycles. The minimum absolute atomic E-state index is 0. The Morgan fingerprint density at radius 3 is 1.56 bits per heavy atom. The second kappa shape index (κ2) is 10.7. The van der Waals surface area contributed by atoms with Crippen LogP contribution in [-0.4, -0.2) is 19.6 Å². The summed E-state index contributed by atoms with van der Waals surface area (Å²) in [6.45, 7) is 10.3. The number of hydrogen-bond donors (Lipinski definition) is 1. The summed E-state index contributed by atoms with van der Waals surface area (Å²) in [5.41, 5.74) is 1.44. The minimum Gasteiger partial charge on any atom is -1.00 e. The van der Waals surface area contributed by atoms with Crippen molar-refractivity contribution in [2.24, 2.45) is 0 Å². The van der Waals surface area contributed by atoms with Gasteiger partial charge in [0.15, 0.2) is 0 Å². The van der Waals surface area contributed by atoms with Crippen molar-refractivity contribution in [3.63, 3.8) is 0 Å². The van der Waals surface area contributed by atoms with Gasteiger partial charge in [0.05, 0.1) is 19.6 Å². The monoisotopic (exact) mass is 450 g/mol. The molecule has 0 spiro atoms. The Hall–Kier alpha value is 0.600. The number of hydrogen-bond acceptors (Lipinski definition) is 1. The maximum absolute atomic E-state index is 2.26. The van der Waals surface area contributed by atoms with Gasteiger partial charge in [0.25, 0.3) is 0 Å². The molecule has 0 amide bonds. The van der Waals surface area contributed by atoms with E-state index in [4.69, 9.17) is 0 Å². The van der Waals surface area contributed by atoms with E-state index in [-0.39, 0.29) is 54.1 Å². The molecule has 0 unspecified atom stereocenters. The fraction of sp³-hybridized carbons (Fsp3) is 0.500. The third-order valence-corrected chi connectivity index (χ3v) is 3.12. The Morgan fingerprint density at radius 1 is 0.875 bits per heavy atom. The molecule has 1 rings (SSSR count). The molecule has 0 aromatic heterocycles. The topological polar surface area (TPSA) is 35.0 Å². The van der Waals surface area contributed by atoms with Crippen LogP contribution in [0.3, 0.4) is 0 Å². The predicted molar refractivity (Wildman–Crippen MR) is 80.3 cm³/mol. The molecule has 16 heavy (non-hydrogen) atoms. The average molecular weight is 450 g/mol. The van der Waals surface area contributed by atoms with Crippen LogP contribution in [0.4, 0.5) is 5.69 Å². The van der Waals surface area contributed by atoms with Gasteiger partial charge in [0.2, 0.25) is 0 Å². The zero-order chi connectivity index (χ0) is 9.73. The first-order chi connectivity index (χ1) is 6.29. The predicted octanol–water partition coefficient (Wildman–Crippen LogP) is 0.838. The van der Waals surface area contributed by atoms with Crippen LogP contribution in [-0.2, 0) is 0 Å². The highest BCUT2D eigenvalue weighted by atomic mass is 127. The molecule has 0 atom stereocenters. The molecule has 0 heterocycles. The summed E-state index contributed by atoms with van der Waals surface area (Å²) in [5, 5.41) is 0. The van der Waals surface area contributed by atoms with Crippen LogP contribution < -0.4 is 34.6 Å². The maximum atomic E-state index is 2.26. The molecule has 1 aromatic carbocycles. The van der Waals surface area contributed by atoms with E-state index in [2.05, 4.69) is 51.1 Å². The van der Waals surface area contributed by atoms with E-state index < -0.39 is 0 Å². The first-order valence-corrected chi connectivity index (χ1v) is 5.20. The molecule has 1 aromatic rings. The number of benzene rings is 1. The fourth-order valence-electron chi connectivity index (χ4n) is 1.96. The van der Waals surface area contributed by atoms with Crippen molar-refractivity contribution < 1.29 is 24.0 Å². The summed E-state index contributed by atoms with van der Waals surface area (Å²) < 4.78 is 1.10. The molecular formula is C12H24I2N2. The van der Waals surface area contributed by atoms with Gasteiger partial charge in [0.1, 0.15) is 5.69 Å². The normalized spacial score (nSPS) is 9.44. The number of rotatable bonds is 4. The van der Waals surface area contributed by atoms with E-state index in [1.807, 2.05) is 0 Å². The van der Waals surface area contributed by atoms with Gasteiger partial charge in [-0.3, -0.25) is 4.48 Å². The van der Waals surface area contributed by atoms with Gasteiger partial charge in [-0.15, -0.1) is 24.0 Å². The molecular weight excluding hydrogens is 426 g/mol. The molecule has 2 nitrogen and oxygen atoms in total. The van der Waals surface area contributed by atoms with Crippen LogP contribution in [0.25, 0.3) is 0 Å². The lowest BCUT2D eigenvalue weighted by Gasteiger charge is -2.35. The van der Waals surface area contributed by atoms with Crippen molar-refractivity contribution in [3.8, 4) is 0 Å². The number of halogens is 2. The summed E-state index contributed by atoms with van der Waals surface area (Å²) in [6, 6.07) is 10.8. The summed E-state index contributed by atoms with van der Waals surface area (Å²) in [5.74, 6) is 0. The molecule has 4 heteroatoms. The molecule has 0 aliphatic heterocycles. The van der Waals surface area contributed by atoms with E-state index in [9.17, 15) is 0 Å². The molecule has 96 valence electrons. The van der Waals surface area contributed by atoms with Gasteiger partial charge in [-0.25, -0.2) is 0 Å². The van der Waals surface area contributed by atoms with Crippen molar-refractivity contribution >= 4 is 29.7 Å². The lowest BCUT2D eigenvalue weighted by Crippen LogP contribution is -3.00. The number of nitrogens with zero attached hydrogens (tertiary/aromatic N) is 1. The van der Waals surface area contributed by atoms with E-state index in [0.717, 1.165) is 4.48 Å². The number of quaternary nitrogens is 1. The number of para-hydroxylation sites is 1. The van der Waals surface area contributed by atoms with E-state index in [1.54, 1.807) is 0 Å². The smallest absolute Gasteiger partial charge is 0.132 e. The second-order valence-electron chi connectivity index (χ2n) is 3.43. The summed E-state index contributed by atoms with van der Waals surface area (Å²) in [4.78, 5) is 0. The van der Waals surface area contributed by atoms with E-state index in [1.165, 1.54) is 25.3 Å². The Morgan fingerprint density at radius 2 is 1.25 bits per heavy atom. The van der Waals surface area contributed by atoms with Crippen molar-refractivity contribution in [3.05, 3.63) is 30.3 Å². The summed E-state index contributed by atoms with van der Waals surface area (Å²) >= 11 is 0. The highest BCUT2D eigenvalue weighted by molar-refractivity contribution is 14.0. The highest BCUT2D eigenvalue weighted by Gasteiger charge is 2.23. The van der Waals surface area contributed by atoms with Crippen molar-refractivity contribution in [1.82, 2.24) is 10.6 Å². The summed E-state index contributed by atoms with van der Waals surface area (Å²) in [7, 11) is 0. The van der Waals surface area contributed by atoms with Gasteiger partial charge in [0, 0.05) is 0 Å². The van der Waals surface area contributed by atoms with Crippen molar-refractivity contribution in [2.75, 3.05) is 19.6 Å². The fourth-order valence-corrected chi connectivity index (χ4v) is 1.96. The molecule has 0 saturated carbocycles. The molecule has 0 fully saturated rings. The Kier molecular flexibility index (Phi) is 14.7. The van der Waals surface area contributed by atoms with Gasteiger partial charge in [-0.1, -0.05) is 18.2 Å². The Labute approximate surface area is 134 Å². The molecule has 3 N–H and O–H groups in total. The largest absolute Gasteiger partial charge is 1.00 e. The lowest BCUT2D eigenvalue weighted by atomic mass is 10.2. The quantitative estimate of drug-likeness (QED) is 0.536. The Bertz CT molecular complexity index is 240. The third kappa shape index (κ3) is 4.85. The van der Waals surface area contributed by atoms with Crippen molar-refractivity contribution in [2.45, 2.75) is 20.8 Å². The average Bonchev–Trinajstić information content (AvgIpc) is 2.23. The van der Waals surface area contributed by atoms with Gasteiger partial charge < -0.3 is 30.1 Å². The van der Waals surface area contributed by atoms with E-state index in [0.29, 0.717) is 0 Å². The van der Waals surface area contributed by atoms with Crippen molar-refractivity contribution in [1.29, 1.82) is 0 Å². The van der Waals surface area contributed by atoms with Gasteiger partial charge >= 0.3 is 0 Å². The van der Waals surface area contributed by atoms with Crippen LogP contribution in [0, 0.1) is 0 Å². The first kappa shape index (κ1) is 21.8. The van der Waals surface area contributed by atoms with Crippen LogP contribution in [0.5, 0.6) is 0 Å². The van der Waals surface area contributed by atoms with Crippen LogP contribution >= 0.6 is 24.0 Å². The SMILES string of the molecule is CC[N+](CC)(CC)c1ccccc1.I.N.[I-]. The highest BCUT2D eigenvalue weighted by Crippen LogP contribution is 2.21. The maximum Gasteiger partial charge on any atom is 0.132 e. The molecule has 0 aliphatic carbocycles. The molecule has 0 aliphatic rings.